The molecular weight excluding hydrogens is 410 g/mol. The quantitative estimate of drug-likeness (QED) is 0.650. The number of ketones is 1. The van der Waals surface area contributed by atoms with Gasteiger partial charge in [0.1, 0.15) is 0 Å². The molecule has 0 fully saturated rings. The number of benzene rings is 2. The molecule has 0 aromatic heterocycles. The zero-order valence-electron chi connectivity index (χ0n) is 18.2. The average Bonchev–Trinajstić information content (AvgIpc) is 2.83. The van der Waals surface area contributed by atoms with Crippen LogP contribution in [0.25, 0.3) is 0 Å². The molecule has 0 spiro atoms. The van der Waals surface area contributed by atoms with Gasteiger partial charge in [0, 0.05) is 17.7 Å². The number of para-hydroxylation sites is 3. The molecule has 2 aromatic carbocycles. The van der Waals surface area contributed by atoms with Gasteiger partial charge in [-0.25, -0.2) is 0 Å². The number of halogens is 1. The molecule has 2 aliphatic rings. The summed E-state index contributed by atoms with van der Waals surface area (Å²) in [5.41, 5.74) is 4.12. The van der Waals surface area contributed by atoms with Crippen molar-refractivity contribution in [3.05, 3.63) is 64.8 Å². The van der Waals surface area contributed by atoms with E-state index in [2.05, 4.69) is 31.4 Å². The van der Waals surface area contributed by atoms with Crippen LogP contribution < -0.4 is 15.5 Å². The van der Waals surface area contributed by atoms with E-state index in [1.807, 2.05) is 41.3 Å². The largest absolute Gasteiger partial charge is 0.357 e. The molecule has 1 heterocycles. The van der Waals surface area contributed by atoms with Crippen molar-refractivity contribution in [3.63, 3.8) is 0 Å². The van der Waals surface area contributed by atoms with Gasteiger partial charge >= 0.3 is 0 Å². The predicted molar refractivity (Wildman–Crippen MR) is 127 cm³/mol. The smallest absolute Gasteiger partial charge is 0.243 e. The molecule has 162 valence electrons. The minimum atomic E-state index is -0.174. The van der Waals surface area contributed by atoms with Gasteiger partial charge in [-0.1, -0.05) is 56.6 Å². The molecule has 1 aliphatic heterocycles. The van der Waals surface area contributed by atoms with Crippen LogP contribution in [-0.4, -0.2) is 24.3 Å². The van der Waals surface area contributed by atoms with Crippen molar-refractivity contribution in [3.8, 4) is 0 Å². The van der Waals surface area contributed by atoms with Gasteiger partial charge in [0.05, 0.1) is 34.7 Å². The maximum absolute atomic E-state index is 13.2. The summed E-state index contributed by atoms with van der Waals surface area (Å²) < 4.78 is 0. The van der Waals surface area contributed by atoms with Gasteiger partial charge in [-0.05, 0) is 42.5 Å². The van der Waals surface area contributed by atoms with E-state index in [1.165, 1.54) is 0 Å². The number of hydrogen-bond acceptors (Lipinski definition) is 4. The lowest BCUT2D eigenvalue weighted by Gasteiger charge is -2.37. The van der Waals surface area contributed by atoms with Crippen molar-refractivity contribution in [2.75, 3.05) is 22.1 Å². The number of rotatable bonds is 4. The first-order valence-corrected chi connectivity index (χ1v) is 11.1. The van der Waals surface area contributed by atoms with Crippen LogP contribution in [0, 0.1) is 5.41 Å². The molecule has 0 saturated heterocycles. The van der Waals surface area contributed by atoms with Gasteiger partial charge in [0.15, 0.2) is 5.78 Å². The van der Waals surface area contributed by atoms with Crippen molar-refractivity contribution in [1.82, 2.24) is 0 Å². The Kier molecular flexibility index (Phi) is 5.80. The normalized spacial score (nSPS) is 19.8. The van der Waals surface area contributed by atoms with Crippen molar-refractivity contribution < 1.29 is 9.59 Å². The molecular formula is C25H28ClN3O2. The molecule has 1 amide bonds. The third kappa shape index (κ3) is 4.33. The SMILES string of the molecule is CC[C@H]1C2=C(CC(C)(C)CC2=O)Nc2ccccc2N1CC(=O)Nc1ccccc1Cl. The number of anilines is 3. The monoisotopic (exact) mass is 437 g/mol. The highest BCUT2D eigenvalue weighted by Gasteiger charge is 2.40. The zero-order valence-corrected chi connectivity index (χ0v) is 18.9. The van der Waals surface area contributed by atoms with Crippen LogP contribution in [0.5, 0.6) is 0 Å². The Hall–Kier alpha value is -2.79. The summed E-state index contributed by atoms with van der Waals surface area (Å²) in [4.78, 5) is 28.3. The van der Waals surface area contributed by atoms with Crippen LogP contribution in [0.4, 0.5) is 17.1 Å². The fourth-order valence-corrected chi connectivity index (χ4v) is 4.86. The van der Waals surface area contributed by atoms with Crippen molar-refractivity contribution >= 4 is 40.4 Å². The fourth-order valence-electron chi connectivity index (χ4n) is 4.68. The van der Waals surface area contributed by atoms with Gasteiger partial charge < -0.3 is 15.5 Å². The molecule has 1 aliphatic carbocycles. The van der Waals surface area contributed by atoms with E-state index in [-0.39, 0.29) is 29.7 Å². The Morgan fingerprint density at radius 2 is 1.87 bits per heavy atom. The van der Waals surface area contributed by atoms with Crippen LogP contribution in [0.2, 0.25) is 5.02 Å². The standard InChI is InChI=1S/C25H28ClN3O2/c1-4-20-24-19(13-25(2,3)14-22(24)30)27-18-11-7-8-12-21(18)29(20)15-23(31)28-17-10-6-5-9-16(17)26/h5-12,20,27H,4,13-15H2,1-3H3,(H,28,31)/t20-/m0/s1. The minimum absolute atomic E-state index is 0.0905. The van der Waals surface area contributed by atoms with Crippen LogP contribution in [-0.2, 0) is 9.59 Å². The molecule has 31 heavy (non-hydrogen) atoms. The van der Waals surface area contributed by atoms with Crippen molar-refractivity contribution in [2.24, 2.45) is 5.41 Å². The van der Waals surface area contributed by atoms with E-state index >= 15 is 0 Å². The summed E-state index contributed by atoms with van der Waals surface area (Å²) in [5.74, 6) is -0.0103. The van der Waals surface area contributed by atoms with Gasteiger partial charge in [-0.15, -0.1) is 0 Å². The molecule has 4 rings (SSSR count). The third-order valence-corrected chi connectivity index (χ3v) is 6.31. The molecule has 5 nitrogen and oxygen atoms in total. The molecule has 0 unspecified atom stereocenters. The Morgan fingerprint density at radius 1 is 1.16 bits per heavy atom. The van der Waals surface area contributed by atoms with Crippen molar-refractivity contribution in [1.29, 1.82) is 0 Å². The van der Waals surface area contributed by atoms with E-state index < -0.39 is 0 Å². The number of amides is 1. The number of allylic oxidation sites excluding steroid dienone is 1. The lowest BCUT2D eigenvalue weighted by atomic mass is 9.74. The maximum Gasteiger partial charge on any atom is 0.243 e. The van der Waals surface area contributed by atoms with E-state index in [0.29, 0.717) is 17.1 Å². The number of nitrogens with one attached hydrogen (secondary N) is 2. The van der Waals surface area contributed by atoms with Crippen molar-refractivity contribution in [2.45, 2.75) is 46.1 Å². The zero-order chi connectivity index (χ0) is 22.2. The van der Waals surface area contributed by atoms with Gasteiger partial charge in [0.25, 0.3) is 0 Å². The summed E-state index contributed by atoms with van der Waals surface area (Å²) in [7, 11) is 0. The number of nitrogens with zero attached hydrogens (tertiary/aromatic N) is 1. The van der Waals surface area contributed by atoms with E-state index in [4.69, 9.17) is 11.6 Å². The van der Waals surface area contributed by atoms with Gasteiger partial charge in [-0.2, -0.15) is 0 Å². The molecule has 2 N–H and O–H groups in total. The van der Waals surface area contributed by atoms with E-state index in [1.54, 1.807) is 12.1 Å². The maximum atomic E-state index is 13.2. The first kappa shape index (κ1) is 21.4. The Balaban J connectivity index is 1.72. The number of carbonyl (C=O) groups is 2. The second kappa shape index (κ2) is 8.39. The predicted octanol–water partition coefficient (Wildman–Crippen LogP) is 5.63. The molecule has 0 bridgehead atoms. The second-order valence-corrected chi connectivity index (χ2v) is 9.46. The lowest BCUT2D eigenvalue weighted by Crippen LogP contribution is -2.44. The first-order valence-electron chi connectivity index (χ1n) is 10.7. The number of Topliss-reactive ketones (excluding diaryl/α,β-unsaturated/α-hetero) is 1. The Labute approximate surface area is 188 Å². The third-order valence-electron chi connectivity index (χ3n) is 5.98. The number of fused-ring (bicyclic) bond motifs is 1. The summed E-state index contributed by atoms with van der Waals surface area (Å²) in [5, 5.41) is 6.95. The van der Waals surface area contributed by atoms with Crippen LogP contribution in [0.1, 0.15) is 40.0 Å². The minimum Gasteiger partial charge on any atom is -0.357 e. The first-order chi connectivity index (χ1) is 14.8. The van der Waals surface area contributed by atoms with Gasteiger partial charge in [0.2, 0.25) is 5.91 Å². The highest BCUT2D eigenvalue weighted by Crippen LogP contribution is 2.44. The van der Waals surface area contributed by atoms with Crippen LogP contribution in [0.3, 0.4) is 0 Å². The fraction of sp³-hybridized carbons (Fsp3) is 0.360. The van der Waals surface area contributed by atoms with E-state index in [0.717, 1.165) is 35.5 Å². The Morgan fingerprint density at radius 3 is 2.61 bits per heavy atom. The molecule has 1 atom stereocenters. The molecule has 6 heteroatoms. The Bertz CT molecular complexity index is 1060. The average molecular weight is 438 g/mol. The second-order valence-electron chi connectivity index (χ2n) is 9.06. The summed E-state index contributed by atoms with van der Waals surface area (Å²) >= 11 is 6.22. The molecule has 2 aromatic rings. The van der Waals surface area contributed by atoms with E-state index in [9.17, 15) is 9.59 Å². The summed E-state index contributed by atoms with van der Waals surface area (Å²) in [6.07, 6.45) is 2.04. The highest BCUT2D eigenvalue weighted by molar-refractivity contribution is 6.33. The number of hydrogen-bond donors (Lipinski definition) is 2. The summed E-state index contributed by atoms with van der Waals surface area (Å²) in [6.45, 7) is 6.44. The molecule has 0 radical (unpaired) electrons. The number of carbonyl (C=O) groups excluding carboxylic acids is 2. The van der Waals surface area contributed by atoms with Gasteiger partial charge in [-0.3, -0.25) is 9.59 Å². The topological polar surface area (TPSA) is 61.4 Å². The van der Waals surface area contributed by atoms with Crippen LogP contribution >= 0.6 is 11.6 Å². The lowest BCUT2D eigenvalue weighted by molar-refractivity contribution is -0.119. The summed E-state index contributed by atoms with van der Waals surface area (Å²) in [6, 6.07) is 14.9. The molecule has 0 saturated carbocycles. The van der Waals surface area contributed by atoms with Crippen LogP contribution in [0.15, 0.2) is 59.8 Å². The highest BCUT2D eigenvalue weighted by atomic mass is 35.5.